The first-order valence-electron chi connectivity index (χ1n) is 7.53. The van der Waals surface area contributed by atoms with E-state index in [4.69, 9.17) is 27.9 Å². The maximum atomic E-state index is 12.4. The molecule has 1 aromatic heterocycles. The number of halogens is 2. The number of nitrogens with one attached hydrogen (secondary N) is 1. The van der Waals surface area contributed by atoms with E-state index in [0.717, 1.165) is 6.42 Å². The lowest BCUT2D eigenvalue weighted by molar-refractivity contribution is -0.118. The Labute approximate surface area is 150 Å². The average Bonchev–Trinajstić information content (AvgIpc) is 2.52. The molecule has 0 fully saturated rings. The van der Waals surface area contributed by atoms with Crippen molar-refractivity contribution < 1.29 is 9.53 Å². The van der Waals surface area contributed by atoms with Crippen LogP contribution in [0.1, 0.15) is 26.3 Å². The lowest BCUT2D eigenvalue weighted by Gasteiger charge is -2.16. The quantitative estimate of drug-likeness (QED) is 0.833. The van der Waals surface area contributed by atoms with E-state index >= 15 is 0 Å². The fourth-order valence-corrected chi connectivity index (χ4v) is 2.64. The van der Waals surface area contributed by atoms with Gasteiger partial charge in [-0.2, -0.15) is 0 Å². The molecule has 5 nitrogen and oxygen atoms in total. The number of hydrogen-bond donors (Lipinski definition) is 1. The van der Waals surface area contributed by atoms with Crippen molar-refractivity contribution in [3.05, 3.63) is 56.9 Å². The van der Waals surface area contributed by atoms with E-state index in [1.165, 1.54) is 4.57 Å². The van der Waals surface area contributed by atoms with E-state index in [9.17, 15) is 9.59 Å². The van der Waals surface area contributed by atoms with Crippen molar-refractivity contribution in [1.29, 1.82) is 0 Å². The number of ether oxygens (including phenoxy) is 1. The zero-order valence-corrected chi connectivity index (χ0v) is 14.9. The summed E-state index contributed by atoms with van der Waals surface area (Å²) in [6, 6.07) is 7.28. The highest BCUT2D eigenvalue weighted by atomic mass is 35.5. The van der Waals surface area contributed by atoms with Gasteiger partial charge in [-0.1, -0.05) is 30.1 Å². The SMILES string of the molecule is CCCOc1cccn(C(C)C(=O)Nc2cc(Cl)cc(Cl)c2)c1=O. The van der Waals surface area contributed by atoms with Crippen LogP contribution in [0, 0.1) is 0 Å². The standard InChI is InChI=1S/C17H18Cl2N2O3/c1-3-7-24-15-5-4-6-21(17(15)23)11(2)16(22)20-14-9-12(18)8-13(19)10-14/h4-6,8-11H,3,7H2,1-2H3,(H,20,22). The van der Waals surface area contributed by atoms with E-state index in [2.05, 4.69) is 5.32 Å². The van der Waals surface area contributed by atoms with Gasteiger partial charge in [-0.3, -0.25) is 9.59 Å². The van der Waals surface area contributed by atoms with E-state index in [-0.39, 0.29) is 17.2 Å². The first-order chi connectivity index (χ1) is 11.4. The van der Waals surface area contributed by atoms with E-state index in [1.54, 1.807) is 43.5 Å². The second-order valence-corrected chi connectivity index (χ2v) is 6.13. The minimum absolute atomic E-state index is 0.227. The third-order valence-electron chi connectivity index (χ3n) is 3.33. The Morgan fingerprint density at radius 3 is 2.58 bits per heavy atom. The molecule has 0 saturated heterocycles. The van der Waals surface area contributed by atoms with Crippen molar-refractivity contribution >= 4 is 34.8 Å². The Hall–Kier alpha value is -1.98. The smallest absolute Gasteiger partial charge is 0.293 e. The first kappa shape index (κ1) is 18.4. The van der Waals surface area contributed by atoms with Crippen LogP contribution >= 0.6 is 23.2 Å². The van der Waals surface area contributed by atoms with Crippen LogP contribution in [0.25, 0.3) is 0 Å². The fourth-order valence-electron chi connectivity index (χ4n) is 2.12. The second-order valence-electron chi connectivity index (χ2n) is 5.26. The summed E-state index contributed by atoms with van der Waals surface area (Å²) in [5.41, 5.74) is 0.119. The van der Waals surface area contributed by atoms with Crippen LogP contribution in [0.15, 0.2) is 41.3 Å². The normalized spacial score (nSPS) is 11.8. The molecule has 1 amide bonds. The number of amides is 1. The Balaban J connectivity index is 2.20. The number of carbonyl (C=O) groups is 1. The van der Waals surface area contributed by atoms with Crippen molar-refractivity contribution in [2.24, 2.45) is 0 Å². The molecule has 0 aliphatic carbocycles. The largest absolute Gasteiger partial charge is 0.488 e. The molecular formula is C17H18Cl2N2O3. The summed E-state index contributed by atoms with van der Waals surface area (Å²) in [7, 11) is 0. The van der Waals surface area contributed by atoms with Gasteiger partial charge in [0.1, 0.15) is 6.04 Å². The van der Waals surface area contributed by atoms with Gasteiger partial charge in [0.25, 0.3) is 5.56 Å². The molecule has 0 bridgehead atoms. The number of aromatic nitrogens is 1. The molecule has 7 heteroatoms. The maximum absolute atomic E-state index is 12.4. The summed E-state index contributed by atoms with van der Waals surface area (Å²) in [4.78, 5) is 24.8. The van der Waals surface area contributed by atoms with Gasteiger partial charge in [0.2, 0.25) is 5.91 Å². The molecule has 0 saturated carbocycles. The summed E-state index contributed by atoms with van der Waals surface area (Å²) < 4.78 is 6.73. The molecule has 1 aromatic carbocycles. The molecule has 0 aliphatic heterocycles. The van der Waals surface area contributed by atoms with E-state index < -0.39 is 6.04 Å². The summed E-state index contributed by atoms with van der Waals surface area (Å²) >= 11 is 11.8. The van der Waals surface area contributed by atoms with Crippen LogP contribution in [0.4, 0.5) is 5.69 Å². The highest BCUT2D eigenvalue weighted by Gasteiger charge is 2.18. The number of benzene rings is 1. The Bertz CT molecular complexity index is 769. The van der Waals surface area contributed by atoms with Crippen molar-refractivity contribution in [2.45, 2.75) is 26.3 Å². The first-order valence-corrected chi connectivity index (χ1v) is 8.29. The van der Waals surface area contributed by atoms with Crippen LogP contribution in [-0.4, -0.2) is 17.1 Å². The van der Waals surface area contributed by atoms with E-state index in [0.29, 0.717) is 22.3 Å². The molecule has 0 spiro atoms. The molecule has 1 unspecified atom stereocenters. The topological polar surface area (TPSA) is 60.3 Å². The summed E-state index contributed by atoms with van der Waals surface area (Å²) in [6.07, 6.45) is 2.34. The van der Waals surface area contributed by atoms with Gasteiger partial charge in [0, 0.05) is 21.9 Å². The van der Waals surface area contributed by atoms with Gasteiger partial charge >= 0.3 is 0 Å². The van der Waals surface area contributed by atoms with Crippen LogP contribution in [-0.2, 0) is 4.79 Å². The third-order valence-corrected chi connectivity index (χ3v) is 3.76. The minimum Gasteiger partial charge on any atom is -0.488 e. The molecule has 0 aliphatic rings. The van der Waals surface area contributed by atoms with Gasteiger partial charge in [-0.15, -0.1) is 0 Å². The summed E-state index contributed by atoms with van der Waals surface area (Å²) in [5.74, 6) is -0.132. The average molecular weight is 369 g/mol. The van der Waals surface area contributed by atoms with Crippen molar-refractivity contribution in [3.8, 4) is 5.75 Å². The van der Waals surface area contributed by atoms with Crippen LogP contribution in [0.2, 0.25) is 10.0 Å². The van der Waals surface area contributed by atoms with Crippen molar-refractivity contribution in [3.63, 3.8) is 0 Å². The fraction of sp³-hybridized carbons (Fsp3) is 0.294. The molecule has 2 rings (SSSR count). The predicted molar refractivity (Wildman–Crippen MR) is 96.3 cm³/mol. The minimum atomic E-state index is -0.722. The van der Waals surface area contributed by atoms with Gasteiger partial charge in [-0.25, -0.2) is 0 Å². The summed E-state index contributed by atoms with van der Waals surface area (Å²) in [5, 5.41) is 3.53. The number of nitrogens with zero attached hydrogens (tertiary/aromatic N) is 1. The molecule has 1 heterocycles. The van der Waals surface area contributed by atoms with Crippen LogP contribution in [0.3, 0.4) is 0 Å². The van der Waals surface area contributed by atoms with Gasteiger partial charge in [0.05, 0.1) is 6.61 Å². The third kappa shape index (κ3) is 4.52. The predicted octanol–water partition coefficient (Wildman–Crippen LogP) is 4.14. The monoisotopic (exact) mass is 368 g/mol. The van der Waals surface area contributed by atoms with Crippen LogP contribution in [0.5, 0.6) is 5.75 Å². The lowest BCUT2D eigenvalue weighted by Crippen LogP contribution is -2.31. The molecule has 1 N–H and O–H groups in total. The van der Waals surface area contributed by atoms with Crippen molar-refractivity contribution in [1.82, 2.24) is 4.57 Å². The highest BCUT2D eigenvalue weighted by Crippen LogP contribution is 2.23. The van der Waals surface area contributed by atoms with Gasteiger partial charge in [0.15, 0.2) is 5.75 Å². The zero-order chi connectivity index (χ0) is 17.7. The van der Waals surface area contributed by atoms with Crippen LogP contribution < -0.4 is 15.6 Å². The highest BCUT2D eigenvalue weighted by molar-refractivity contribution is 6.35. The maximum Gasteiger partial charge on any atom is 0.293 e. The molecule has 24 heavy (non-hydrogen) atoms. The molecular weight excluding hydrogens is 351 g/mol. The Morgan fingerprint density at radius 1 is 1.29 bits per heavy atom. The van der Waals surface area contributed by atoms with Gasteiger partial charge in [-0.05, 0) is 43.7 Å². The number of rotatable bonds is 6. The Morgan fingerprint density at radius 2 is 1.96 bits per heavy atom. The molecule has 2 aromatic rings. The summed E-state index contributed by atoms with van der Waals surface area (Å²) in [6.45, 7) is 4.03. The molecule has 128 valence electrons. The number of carbonyl (C=O) groups excluding carboxylic acids is 1. The number of anilines is 1. The Kier molecular flexibility index (Phi) is 6.29. The zero-order valence-electron chi connectivity index (χ0n) is 13.4. The van der Waals surface area contributed by atoms with E-state index in [1.807, 2.05) is 6.92 Å². The lowest BCUT2D eigenvalue weighted by atomic mass is 10.2. The molecule has 0 radical (unpaired) electrons. The van der Waals surface area contributed by atoms with Crippen molar-refractivity contribution in [2.75, 3.05) is 11.9 Å². The molecule has 1 atom stereocenters. The number of hydrogen-bond acceptors (Lipinski definition) is 3. The van der Waals surface area contributed by atoms with Gasteiger partial charge < -0.3 is 14.6 Å². The number of pyridine rings is 1. The second kappa shape index (κ2) is 8.22.